The van der Waals surface area contributed by atoms with Crippen LogP contribution in [-0.4, -0.2) is 41.8 Å². The van der Waals surface area contributed by atoms with Gasteiger partial charge in [-0.3, -0.25) is 24.3 Å². The molecule has 2 N–H and O–H groups in total. The van der Waals surface area contributed by atoms with E-state index in [1.807, 2.05) is 43.3 Å². The number of carbonyl (C=O) groups is 3. The summed E-state index contributed by atoms with van der Waals surface area (Å²) in [5.41, 5.74) is 2.88. The Hall–Kier alpha value is -4.46. The summed E-state index contributed by atoms with van der Waals surface area (Å²) in [4.78, 5) is 45.3. The second-order valence-electron chi connectivity index (χ2n) is 8.12. The number of anilines is 3. The molecule has 172 valence electrons. The number of ketones is 1. The number of benzene rings is 2. The van der Waals surface area contributed by atoms with E-state index in [-0.39, 0.29) is 17.2 Å². The van der Waals surface area contributed by atoms with Crippen LogP contribution in [0.3, 0.4) is 0 Å². The topological polar surface area (TPSA) is 103 Å². The number of pyridine rings is 1. The molecule has 1 fully saturated rings. The smallest absolute Gasteiger partial charge is 0.300 e. The highest BCUT2D eigenvalue weighted by molar-refractivity contribution is 6.51. The Morgan fingerprint density at radius 2 is 1.71 bits per heavy atom. The summed E-state index contributed by atoms with van der Waals surface area (Å²) < 4.78 is 0. The first-order valence-corrected chi connectivity index (χ1v) is 10.6. The van der Waals surface area contributed by atoms with Crippen LogP contribution in [0.15, 0.2) is 78.6 Å². The molecule has 2 heterocycles. The molecular weight excluding hydrogens is 432 g/mol. The maximum absolute atomic E-state index is 13.3. The fraction of sp³-hybridized carbons (Fsp3) is 0.154. The number of aliphatic hydroxyl groups excluding tert-OH is 1. The number of hydrogen-bond donors (Lipinski definition) is 2. The molecule has 0 saturated carbocycles. The zero-order chi connectivity index (χ0) is 24.4. The van der Waals surface area contributed by atoms with Crippen LogP contribution in [0.2, 0.25) is 0 Å². The number of nitrogens with zero attached hydrogens (tertiary/aromatic N) is 3. The zero-order valence-corrected chi connectivity index (χ0v) is 19.0. The van der Waals surface area contributed by atoms with E-state index in [2.05, 4.69) is 10.3 Å². The molecule has 1 aliphatic rings. The molecule has 0 spiro atoms. The van der Waals surface area contributed by atoms with Crippen molar-refractivity contribution in [2.45, 2.75) is 13.0 Å². The lowest BCUT2D eigenvalue weighted by atomic mass is 9.95. The van der Waals surface area contributed by atoms with E-state index in [1.165, 1.54) is 24.2 Å². The monoisotopic (exact) mass is 456 g/mol. The first-order valence-electron chi connectivity index (χ1n) is 10.6. The molecule has 0 aliphatic carbocycles. The fourth-order valence-electron chi connectivity index (χ4n) is 3.97. The number of nitrogens with one attached hydrogen (secondary N) is 1. The van der Waals surface area contributed by atoms with E-state index in [9.17, 15) is 19.5 Å². The van der Waals surface area contributed by atoms with Crippen LogP contribution < -0.4 is 15.1 Å². The van der Waals surface area contributed by atoms with Crippen molar-refractivity contribution in [1.29, 1.82) is 0 Å². The van der Waals surface area contributed by atoms with Crippen LogP contribution in [0.1, 0.15) is 24.1 Å². The molecule has 4 rings (SSSR count). The predicted molar refractivity (Wildman–Crippen MR) is 131 cm³/mol. The van der Waals surface area contributed by atoms with E-state index >= 15 is 0 Å². The zero-order valence-electron chi connectivity index (χ0n) is 19.0. The van der Waals surface area contributed by atoms with Gasteiger partial charge in [-0.2, -0.15) is 0 Å². The van der Waals surface area contributed by atoms with Gasteiger partial charge in [-0.15, -0.1) is 0 Å². The lowest BCUT2D eigenvalue weighted by Crippen LogP contribution is -2.29. The number of aliphatic hydroxyl groups is 1. The highest BCUT2D eigenvalue weighted by atomic mass is 16.3. The van der Waals surface area contributed by atoms with Gasteiger partial charge in [-0.25, -0.2) is 0 Å². The quantitative estimate of drug-likeness (QED) is 0.345. The maximum atomic E-state index is 13.3. The highest BCUT2D eigenvalue weighted by Gasteiger charge is 2.47. The van der Waals surface area contributed by atoms with Crippen LogP contribution in [0.25, 0.3) is 5.76 Å². The van der Waals surface area contributed by atoms with Gasteiger partial charge in [0.2, 0.25) is 5.91 Å². The van der Waals surface area contributed by atoms with Gasteiger partial charge in [0.1, 0.15) is 5.76 Å². The molecule has 0 bridgehead atoms. The van der Waals surface area contributed by atoms with Crippen molar-refractivity contribution in [1.82, 2.24) is 4.98 Å². The van der Waals surface area contributed by atoms with E-state index in [4.69, 9.17) is 0 Å². The van der Waals surface area contributed by atoms with Crippen LogP contribution in [0.5, 0.6) is 0 Å². The molecule has 1 saturated heterocycles. The van der Waals surface area contributed by atoms with Crippen molar-refractivity contribution in [2.75, 3.05) is 29.2 Å². The summed E-state index contributed by atoms with van der Waals surface area (Å²) in [5.74, 6) is -2.09. The molecular formula is C26H24N4O4. The summed E-state index contributed by atoms with van der Waals surface area (Å²) in [6, 6.07) is 16.4. The second kappa shape index (κ2) is 9.19. The van der Waals surface area contributed by atoms with Gasteiger partial charge in [0.25, 0.3) is 11.7 Å². The fourth-order valence-corrected chi connectivity index (χ4v) is 3.97. The molecule has 2 aromatic carbocycles. The minimum Gasteiger partial charge on any atom is -0.507 e. The van der Waals surface area contributed by atoms with Crippen LogP contribution >= 0.6 is 0 Å². The van der Waals surface area contributed by atoms with Gasteiger partial charge in [0.15, 0.2) is 0 Å². The molecule has 1 unspecified atom stereocenters. The third-order valence-electron chi connectivity index (χ3n) is 5.57. The summed E-state index contributed by atoms with van der Waals surface area (Å²) >= 11 is 0. The van der Waals surface area contributed by atoms with Gasteiger partial charge in [-0.1, -0.05) is 18.2 Å². The van der Waals surface area contributed by atoms with E-state index in [0.29, 0.717) is 22.5 Å². The Morgan fingerprint density at radius 1 is 1.03 bits per heavy atom. The Balaban J connectivity index is 1.90. The van der Waals surface area contributed by atoms with Crippen molar-refractivity contribution < 1.29 is 19.5 Å². The summed E-state index contributed by atoms with van der Waals surface area (Å²) in [6.07, 6.45) is 3.01. The Bertz CT molecular complexity index is 1280. The number of amides is 2. The van der Waals surface area contributed by atoms with Gasteiger partial charge in [0, 0.05) is 56.0 Å². The Kier molecular flexibility index (Phi) is 6.14. The van der Waals surface area contributed by atoms with Gasteiger partial charge in [-0.05, 0) is 48.0 Å². The Labute approximate surface area is 197 Å². The first kappa shape index (κ1) is 22.7. The van der Waals surface area contributed by atoms with Crippen molar-refractivity contribution >= 4 is 40.4 Å². The minimum atomic E-state index is -0.864. The van der Waals surface area contributed by atoms with Gasteiger partial charge < -0.3 is 15.3 Å². The van der Waals surface area contributed by atoms with Crippen molar-refractivity contribution in [2.24, 2.45) is 0 Å². The van der Waals surface area contributed by atoms with Crippen molar-refractivity contribution in [3.63, 3.8) is 0 Å². The number of aromatic nitrogens is 1. The molecule has 34 heavy (non-hydrogen) atoms. The summed E-state index contributed by atoms with van der Waals surface area (Å²) in [5, 5.41) is 13.8. The lowest BCUT2D eigenvalue weighted by molar-refractivity contribution is -0.132. The van der Waals surface area contributed by atoms with Crippen LogP contribution in [0.4, 0.5) is 17.1 Å². The number of carbonyl (C=O) groups excluding carboxylic acids is 3. The van der Waals surface area contributed by atoms with E-state index in [1.54, 1.807) is 36.4 Å². The number of hydrogen-bond acceptors (Lipinski definition) is 6. The molecule has 8 nitrogen and oxygen atoms in total. The molecule has 1 aliphatic heterocycles. The average molecular weight is 457 g/mol. The average Bonchev–Trinajstić information content (AvgIpc) is 3.09. The lowest BCUT2D eigenvalue weighted by Gasteiger charge is -2.26. The predicted octanol–water partition coefficient (Wildman–Crippen LogP) is 3.73. The summed E-state index contributed by atoms with van der Waals surface area (Å²) in [7, 11) is 3.83. The number of Topliss-reactive ketones (excluding diaryl/α,β-unsaturated/α-hetero) is 1. The Morgan fingerprint density at radius 3 is 2.32 bits per heavy atom. The largest absolute Gasteiger partial charge is 0.507 e. The van der Waals surface area contributed by atoms with Gasteiger partial charge in [0.05, 0.1) is 11.6 Å². The number of rotatable bonds is 5. The maximum Gasteiger partial charge on any atom is 0.300 e. The van der Waals surface area contributed by atoms with Crippen molar-refractivity contribution in [3.05, 3.63) is 89.8 Å². The molecule has 1 aromatic heterocycles. The highest BCUT2D eigenvalue weighted by Crippen LogP contribution is 2.42. The molecule has 8 heteroatoms. The second-order valence-corrected chi connectivity index (χ2v) is 8.12. The van der Waals surface area contributed by atoms with Gasteiger partial charge >= 0.3 is 0 Å². The molecule has 1 atom stereocenters. The van der Waals surface area contributed by atoms with Crippen molar-refractivity contribution in [3.8, 4) is 0 Å². The third-order valence-corrected chi connectivity index (χ3v) is 5.57. The van der Waals surface area contributed by atoms with Crippen LogP contribution in [-0.2, 0) is 14.4 Å². The van der Waals surface area contributed by atoms with E-state index < -0.39 is 17.7 Å². The SMILES string of the molecule is CC(=O)Nc1cccc(N2C(=O)C(=O)/C(=C(/O)c3ccncc3)C2c2ccc(N(C)C)cc2)c1. The van der Waals surface area contributed by atoms with Crippen LogP contribution in [0, 0.1) is 0 Å². The first-order chi connectivity index (χ1) is 16.3. The molecule has 2 amide bonds. The minimum absolute atomic E-state index is 0.0151. The molecule has 0 radical (unpaired) electrons. The third kappa shape index (κ3) is 4.25. The normalized spacial score (nSPS) is 17.0. The van der Waals surface area contributed by atoms with E-state index in [0.717, 1.165) is 5.69 Å². The standard InChI is InChI=1S/C26H24N4O4/c1-16(31)28-19-5-4-6-21(15-19)30-23(17-7-9-20(10-8-17)29(2)3)22(25(33)26(30)34)24(32)18-11-13-27-14-12-18/h4-15,23,32H,1-3H3,(H,28,31)/b24-22+. The summed E-state index contributed by atoms with van der Waals surface area (Å²) in [6.45, 7) is 1.39. The molecule has 3 aromatic rings.